The van der Waals surface area contributed by atoms with Crippen LogP contribution in [-0.2, 0) is 9.53 Å². The fraction of sp³-hybridized carbons (Fsp3) is 0.100. The number of hydrogen-bond acceptors (Lipinski definition) is 5. The van der Waals surface area contributed by atoms with E-state index >= 15 is 0 Å². The van der Waals surface area contributed by atoms with Gasteiger partial charge in [0.05, 0.1) is 34.1 Å². The maximum atomic E-state index is 12.6. The van der Waals surface area contributed by atoms with Crippen LogP contribution in [0.4, 0.5) is 11.4 Å². The van der Waals surface area contributed by atoms with Gasteiger partial charge in [-0.1, -0.05) is 12.1 Å². The molecule has 9 nitrogen and oxygen atoms in total. The highest BCUT2D eigenvalue weighted by Crippen LogP contribution is 2.25. The van der Waals surface area contributed by atoms with Crippen LogP contribution >= 0.6 is 0 Å². The van der Waals surface area contributed by atoms with E-state index in [2.05, 4.69) is 15.6 Å². The van der Waals surface area contributed by atoms with Crippen LogP contribution < -0.4 is 10.6 Å². The molecule has 1 heterocycles. The minimum absolute atomic E-state index is 0.0637. The van der Waals surface area contributed by atoms with Crippen molar-refractivity contribution in [2.45, 2.75) is 0 Å². The Balaban J connectivity index is 1.90. The number of carbonyl (C=O) groups is 3. The van der Waals surface area contributed by atoms with E-state index in [-0.39, 0.29) is 35.0 Å². The van der Waals surface area contributed by atoms with Crippen molar-refractivity contribution in [2.24, 2.45) is 0 Å². The molecule has 4 N–H and O–H groups in total. The van der Waals surface area contributed by atoms with Gasteiger partial charge in [-0.05, 0) is 30.3 Å². The van der Waals surface area contributed by atoms with Gasteiger partial charge in [0.2, 0.25) is 5.91 Å². The molecule has 2 amide bonds. The molecule has 3 rings (SSSR count). The van der Waals surface area contributed by atoms with E-state index < -0.39 is 11.9 Å². The number of benzene rings is 2. The van der Waals surface area contributed by atoms with Crippen molar-refractivity contribution in [2.75, 3.05) is 24.4 Å². The summed E-state index contributed by atoms with van der Waals surface area (Å²) >= 11 is 0. The summed E-state index contributed by atoms with van der Waals surface area (Å²) < 4.78 is 4.79. The first-order chi connectivity index (χ1) is 13.9. The molecule has 0 bridgehead atoms. The second-order valence-electron chi connectivity index (χ2n) is 6.07. The summed E-state index contributed by atoms with van der Waals surface area (Å²) in [6.45, 7) is -0.110. The average molecular weight is 392 g/mol. The lowest BCUT2D eigenvalue weighted by atomic mass is 10.1. The number of methoxy groups -OCH3 is 1. The van der Waals surface area contributed by atoms with Gasteiger partial charge < -0.3 is 25.5 Å². The third-order valence-corrected chi connectivity index (χ3v) is 4.08. The number of amides is 2. The number of nitriles is 1. The second-order valence-corrected chi connectivity index (χ2v) is 6.07. The number of carboxylic acid groups (broad SMARTS) is 1. The Bertz CT molecular complexity index is 1160. The fourth-order valence-electron chi connectivity index (χ4n) is 2.79. The molecule has 0 unspecified atom stereocenters. The first-order valence-electron chi connectivity index (χ1n) is 8.42. The van der Waals surface area contributed by atoms with Crippen molar-refractivity contribution in [3.8, 4) is 6.07 Å². The molecule has 9 heteroatoms. The van der Waals surface area contributed by atoms with Crippen LogP contribution in [0.15, 0.2) is 42.5 Å². The minimum Gasteiger partial charge on any atom is -0.478 e. The lowest BCUT2D eigenvalue weighted by molar-refractivity contribution is -0.119. The Hall–Kier alpha value is -4.16. The molecular weight excluding hydrogens is 376 g/mol. The summed E-state index contributed by atoms with van der Waals surface area (Å²) in [6, 6.07) is 12.6. The molecule has 0 aliphatic carbocycles. The number of carbonyl (C=O) groups excluding carboxylic acids is 2. The van der Waals surface area contributed by atoms with Crippen molar-refractivity contribution >= 4 is 40.1 Å². The molecule has 0 aliphatic rings. The van der Waals surface area contributed by atoms with Crippen LogP contribution in [0.25, 0.3) is 10.9 Å². The molecular formula is C20H16N4O5. The highest BCUT2D eigenvalue weighted by Gasteiger charge is 2.17. The molecule has 0 spiro atoms. The van der Waals surface area contributed by atoms with Gasteiger partial charge in [-0.3, -0.25) is 9.59 Å². The third kappa shape index (κ3) is 4.23. The van der Waals surface area contributed by atoms with E-state index in [1.807, 2.05) is 6.07 Å². The molecule has 0 fully saturated rings. The SMILES string of the molecule is COCC(=O)Nc1cccc2cc(C(=O)Nc3ccc(C#N)cc3C(=O)O)[nH]c12. The number of nitrogens with zero attached hydrogens (tertiary/aromatic N) is 1. The second kappa shape index (κ2) is 8.24. The number of H-pyrrole nitrogens is 1. The Labute approximate surface area is 164 Å². The smallest absolute Gasteiger partial charge is 0.337 e. The van der Waals surface area contributed by atoms with Gasteiger partial charge in [0, 0.05) is 12.5 Å². The highest BCUT2D eigenvalue weighted by molar-refractivity contribution is 6.10. The van der Waals surface area contributed by atoms with Crippen LogP contribution in [0.2, 0.25) is 0 Å². The van der Waals surface area contributed by atoms with E-state index in [1.54, 1.807) is 24.3 Å². The number of anilines is 2. The standard InChI is InChI=1S/C20H16N4O5/c1-29-10-17(25)22-15-4-2-3-12-8-16(23-18(12)15)19(26)24-14-6-5-11(9-21)7-13(14)20(27)28/h2-8,23H,10H2,1H3,(H,22,25)(H,24,26)(H,27,28). The lowest BCUT2D eigenvalue weighted by Gasteiger charge is -2.08. The number of para-hydroxylation sites is 1. The number of fused-ring (bicyclic) bond motifs is 1. The molecule has 0 radical (unpaired) electrons. The molecule has 29 heavy (non-hydrogen) atoms. The quantitative estimate of drug-likeness (QED) is 0.507. The number of aromatic nitrogens is 1. The molecule has 0 saturated heterocycles. The van der Waals surface area contributed by atoms with Crippen molar-refractivity contribution in [1.29, 1.82) is 5.26 Å². The summed E-state index contributed by atoms with van der Waals surface area (Å²) in [7, 11) is 1.41. The van der Waals surface area contributed by atoms with Crippen LogP contribution in [0.3, 0.4) is 0 Å². The zero-order valence-corrected chi connectivity index (χ0v) is 15.3. The molecule has 1 aromatic heterocycles. The number of hydrogen-bond donors (Lipinski definition) is 4. The van der Waals surface area contributed by atoms with Gasteiger partial charge in [0.15, 0.2) is 0 Å². The topological polar surface area (TPSA) is 144 Å². The Morgan fingerprint density at radius 2 is 1.93 bits per heavy atom. The van der Waals surface area contributed by atoms with E-state index in [1.165, 1.54) is 25.3 Å². The largest absolute Gasteiger partial charge is 0.478 e. The zero-order valence-electron chi connectivity index (χ0n) is 15.3. The van der Waals surface area contributed by atoms with Crippen LogP contribution in [0.1, 0.15) is 26.4 Å². The summed E-state index contributed by atoms with van der Waals surface area (Å²) in [4.78, 5) is 38.8. The molecule has 0 saturated carbocycles. The average Bonchev–Trinajstić information content (AvgIpc) is 3.14. The molecule has 0 aliphatic heterocycles. The Morgan fingerprint density at radius 3 is 2.62 bits per heavy atom. The van der Waals surface area contributed by atoms with Gasteiger partial charge >= 0.3 is 5.97 Å². The molecule has 2 aromatic carbocycles. The summed E-state index contributed by atoms with van der Waals surface area (Å²) in [5, 5.41) is 24.2. The zero-order chi connectivity index (χ0) is 21.0. The summed E-state index contributed by atoms with van der Waals surface area (Å²) in [6.07, 6.45) is 0. The van der Waals surface area contributed by atoms with Gasteiger partial charge in [0.1, 0.15) is 12.3 Å². The number of nitrogens with one attached hydrogen (secondary N) is 3. The van der Waals surface area contributed by atoms with Crippen LogP contribution in [0.5, 0.6) is 0 Å². The maximum absolute atomic E-state index is 12.6. The van der Waals surface area contributed by atoms with Crippen molar-refractivity contribution in [3.05, 3.63) is 59.3 Å². The maximum Gasteiger partial charge on any atom is 0.337 e. The predicted octanol–water partition coefficient (Wildman–Crippen LogP) is 2.57. The Morgan fingerprint density at radius 1 is 1.14 bits per heavy atom. The summed E-state index contributed by atoms with van der Waals surface area (Å²) in [5.41, 5.74) is 1.24. The minimum atomic E-state index is -1.27. The van der Waals surface area contributed by atoms with Crippen LogP contribution in [0, 0.1) is 11.3 Å². The van der Waals surface area contributed by atoms with Gasteiger partial charge in [-0.25, -0.2) is 4.79 Å². The van der Waals surface area contributed by atoms with Crippen molar-refractivity contribution < 1.29 is 24.2 Å². The van der Waals surface area contributed by atoms with Gasteiger partial charge in [0.25, 0.3) is 5.91 Å². The molecule has 146 valence electrons. The van der Waals surface area contributed by atoms with Gasteiger partial charge in [-0.2, -0.15) is 5.26 Å². The van der Waals surface area contributed by atoms with Gasteiger partial charge in [-0.15, -0.1) is 0 Å². The first kappa shape index (κ1) is 19.6. The van der Waals surface area contributed by atoms with E-state index in [0.29, 0.717) is 16.6 Å². The lowest BCUT2D eigenvalue weighted by Crippen LogP contribution is -2.17. The number of aromatic carboxylic acids is 1. The highest BCUT2D eigenvalue weighted by atomic mass is 16.5. The normalized spacial score (nSPS) is 10.3. The first-order valence-corrected chi connectivity index (χ1v) is 8.42. The number of carboxylic acids is 1. The van der Waals surface area contributed by atoms with E-state index in [0.717, 1.165) is 0 Å². The third-order valence-electron chi connectivity index (χ3n) is 4.08. The Kier molecular flexibility index (Phi) is 5.57. The van der Waals surface area contributed by atoms with E-state index in [4.69, 9.17) is 10.00 Å². The van der Waals surface area contributed by atoms with Crippen molar-refractivity contribution in [3.63, 3.8) is 0 Å². The number of rotatable bonds is 6. The van der Waals surface area contributed by atoms with Crippen molar-refractivity contribution in [1.82, 2.24) is 4.98 Å². The molecule has 3 aromatic rings. The predicted molar refractivity (Wildman–Crippen MR) is 105 cm³/mol. The van der Waals surface area contributed by atoms with E-state index in [9.17, 15) is 19.5 Å². The van der Waals surface area contributed by atoms with Crippen LogP contribution in [-0.4, -0.2) is 41.6 Å². The molecule has 0 atom stereocenters. The number of ether oxygens (including phenoxy) is 1. The number of aromatic amines is 1. The fourth-order valence-corrected chi connectivity index (χ4v) is 2.79. The summed E-state index contributed by atoms with van der Waals surface area (Å²) in [5.74, 6) is -2.18. The monoisotopic (exact) mass is 392 g/mol.